The van der Waals surface area contributed by atoms with Crippen molar-refractivity contribution in [2.75, 3.05) is 26.2 Å². The summed E-state index contributed by atoms with van der Waals surface area (Å²) in [6.07, 6.45) is 1.03. The maximum Gasteiger partial charge on any atom is 0.247 e. The number of aromatic nitrogens is 2. The summed E-state index contributed by atoms with van der Waals surface area (Å²) in [5.74, 6) is 1.04. The molecule has 0 N–H and O–H groups in total. The molecule has 28 heavy (non-hydrogen) atoms. The molecule has 1 aromatic heterocycles. The Morgan fingerprint density at radius 2 is 1.61 bits per heavy atom. The molecule has 0 spiro atoms. The fourth-order valence-corrected chi connectivity index (χ4v) is 3.69. The molecular weight excluding hydrogens is 423 g/mol. The van der Waals surface area contributed by atoms with Crippen LogP contribution in [0.15, 0.2) is 57.4 Å². The van der Waals surface area contributed by atoms with E-state index >= 15 is 0 Å². The Balaban J connectivity index is 1.34. The third-order valence-corrected chi connectivity index (χ3v) is 5.48. The second-order valence-electron chi connectivity index (χ2n) is 7.01. The lowest BCUT2D eigenvalue weighted by molar-refractivity contribution is 0.230. The Hall–Kier alpha value is -2.09. The number of rotatable bonds is 5. The lowest BCUT2D eigenvalue weighted by Crippen LogP contribution is -2.30. The number of benzene rings is 2. The van der Waals surface area contributed by atoms with Gasteiger partial charge in [0.25, 0.3) is 0 Å². The van der Waals surface area contributed by atoms with Crippen LogP contribution in [0, 0.1) is 5.82 Å². The van der Waals surface area contributed by atoms with E-state index in [0.29, 0.717) is 24.9 Å². The highest BCUT2D eigenvalue weighted by Gasteiger charge is 2.18. The van der Waals surface area contributed by atoms with Crippen molar-refractivity contribution in [3.63, 3.8) is 0 Å². The van der Waals surface area contributed by atoms with Gasteiger partial charge in [0.15, 0.2) is 0 Å². The number of halogens is 2. The summed E-state index contributed by atoms with van der Waals surface area (Å²) in [6, 6.07) is 14.8. The molecule has 4 rings (SSSR count). The van der Waals surface area contributed by atoms with Crippen molar-refractivity contribution in [2.24, 2.45) is 0 Å². The van der Waals surface area contributed by atoms with Crippen LogP contribution >= 0.6 is 15.9 Å². The van der Waals surface area contributed by atoms with Gasteiger partial charge in [0.2, 0.25) is 11.8 Å². The maximum atomic E-state index is 13.9. The van der Waals surface area contributed by atoms with E-state index in [-0.39, 0.29) is 5.82 Å². The zero-order valence-electron chi connectivity index (χ0n) is 15.5. The fourth-order valence-electron chi connectivity index (χ4n) is 3.43. The lowest BCUT2D eigenvalue weighted by atomic mass is 10.2. The van der Waals surface area contributed by atoms with Crippen LogP contribution in [-0.4, -0.2) is 46.2 Å². The van der Waals surface area contributed by atoms with E-state index in [1.54, 1.807) is 6.07 Å². The Bertz CT molecular complexity index is 915. The summed E-state index contributed by atoms with van der Waals surface area (Å²) in [6.45, 7) is 4.99. The molecule has 1 aliphatic rings. The molecule has 0 saturated carbocycles. The van der Waals surface area contributed by atoms with Crippen molar-refractivity contribution in [1.29, 1.82) is 0 Å². The van der Waals surface area contributed by atoms with Crippen LogP contribution < -0.4 is 0 Å². The second kappa shape index (κ2) is 8.94. The van der Waals surface area contributed by atoms with E-state index < -0.39 is 0 Å². The minimum absolute atomic E-state index is 0.130. The van der Waals surface area contributed by atoms with Gasteiger partial charge in [0, 0.05) is 35.2 Å². The predicted octanol–water partition coefficient (Wildman–Crippen LogP) is 4.35. The van der Waals surface area contributed by atoms with Crippen molar-refractivity contribution in [2.45, 2.75) is 19.5 Å². The zero-order valence-corrected chi connectivity index (χ0v) is 17.1. The average Bonchev–Trinajstić information content (AvgIpc) is 3.05. The minimum Gasteiger partial charge on any atom is -0.419 e. The predicted molar refractivity (Wildman–Crippen MR) is 109 cm³/mol. The van der Waals surface area contributed by atoms with Gasteiger partial charge in [-0.25, -0.2) is 4.39 Å². The third kappa shape index (κ3) is 4.84. The highest BCUT2D eigenvalue weighted by molar-refractivity contribution is 9.10. The SMILES string of the molecule is Fc1ccccc1CN1CCCN(Cc2nnc(-c3ccc(Br)cc3)o2)CC1. The van der Waals surface area contributed by atoms with Crippen LogP contribution in [0.2, 0.25) is 0 Å². The van der Waals surface area contributed by atoms with Crippen LogP contribution in [0.25, 0.3) is 11.5 Å². The van der Waals surface area contributed by atoms with Gasteiger partial charge >= 0.3 is 0 Å². The van der Waals surface area contributed by atoms with Crippen LogP contribution in [0.3, 0.4) is 0 Å². The molecule has 1 fully saturated rings. The Morgan fingerprint density at radius 1 is 0.893 bits per heavy atom. The molecule has 0 amide bonds. The number of hydrogen-bond acceptors (Lipinski definition) is 5. The summed E-state index contributed by atoms with van der Waals surface area (Å²) < 4.78 is 20.8. The smallest absolute Gasteiger partial charge is 0.247 e. The topological polar surface area (TPSA) is 45.4 Å². The Kier molecular flexibility index (Phi) is 6.14. The van der Waals surface area contributed by atoms with Crippen molar-refractivity contribution < 1.29 is 8.81 Å². The van der Waals surface area contributed by atoms with Crippen molar-refractivity contribution >= 4 is 15.9 Å². The van der Waals surface area contributed by atoms with E-state index in [1.165, 1.54) is 6.07 Å². The molecule has 146 valence electrons. The van der Waals surface area contributed by atoms with Gasteiger partial charge in [-0.2, -0.15) is 0 Å². The van der Waals surface area contributed by atoms with Gasteiger partial charge in [-0.3, -0.25) is 9.80 Å². The molecule has 0 bridgehead atoms. The normalized spacial score (nSPS) is 16.2. The maximum absolute atomic E-state index is 13.9. The molecule has 2 aromatic carbocycles. The summed E-state index contributed by atoms with van der Waals surface area (Å²) in [5.41, 5.74) is 1.67. The van der Waals surface area contributed by atoms with Crippen molar-refractivity contribution in [3.05, 3.63) is 70.3 Å². The van der Waals surface area contributed by atoms with Gasteiger partial charge in [-0.05, 0) is 49.8 Å². The van der Waals surface area contributed by atoms with E-state index in [2.05, 4.69) is 35.9 Å². The van der Waals surface area contributed by atoms with Gasteiger partial charge in [-0.1, -0.05) is 34.1 Å². The van der Waals surface area contributed by atoms with Gasteiger partial charge in [0.05, 0.1) is 6.54 Å². The van der Waals surface area contributed by atoms with Crippen molar-refractivity contribution in [3.8, 4) is 11.5 Å². The monoisotopic (exact) mass is 444 g/mol. The van der Waals surface area contributed by atoms with Crippen LogP contribution in [0.4, 0.5) is 4.39 Å². The van der Waals surface area contributed by atoms with Gasteiger partial charge in [0.1, 0.15) is 5.82 Å². The Morgan fingerprint density at radius 3 is 2.36 bits per heavy atom. The standard InChI is InChI=1S/C21H22BrFN4O/c22-18-8-6-16(7-9-18)21-25-24-20(28-21)15-27-11-3-10-26(12-13-27)14-17-4-1-2-5-19(17)23/h1-2,4-9H,3,10-15H2. The molecule has 5 nitrogen and oxygen atoms in total. The van der Waals surface area contributed by atoms with Gasteiger partial charge in [-0.15, -0.1) is 10.2 Å². The van der Waals surface area contributed by atoms with E-state index in [1.807, 2.05) is 36.4 Å². The largest absolute Gasteiger partial charge is 0.419 e. The summed E-state index contributed by atoms with van der Waals surface area (Å²) in [7, 11) is 0. The first-order valence-electron chi connectivity index (χ1n) is 9.44. The molecule has 0 aliphatic carbocycles. The third-order valence-electron chi connectivity index (χ3n) is 4.95. The number of hydrogen-bond donors (Lipinski definition) is 0. The second-order valence-corrected chi connectivity index (χ2v) is 7.92. The number of nitrogens with zero attached hydrogens (tertiary/aromatic N) is 4. The first kappa shape index (κ1) is 19.2. The molecule has 7 heteroatoms. The van der Waals surface area contributed by atoms with Crippen molar-refractivity contribution in [1.82, 2.24) is 20.0 Å². The summed E-state index contributed by atoms with van der Waals surface area (Å²) in [5, 5.41) is 8.38. The molecule has 0 atom stereocenters. The molecular formula is C21H22BrFN4O. The average molecular weight is 445 g/mol. The summed E-state index contributed by atoms with van der Waals surface area (Å²) >= 11 is 3.43. The molecule has 3 aromatic rings. The van der Waals surface area contributed by atoms with E-state index in [9.17, 15) is 4.39 Å². The Labute approximate surface area is 172 Å². The van der Waals surface area contributed by atoms with Crippen LogP contribution in [-0.2, 0) is 13.1 Å². The summed E-state index contributed by atoms with van der Waals surface area (Å²) in [4.78, 5) is 4.62. The first-order valence-corrected chi connectivity index (χ1v) is 10.2. The molecule has 2 heterocycles. The van der Waals surface area contributed by atoms with E-state index in [0.717, 1.165) is 48.2 Å². The molecule has 0 unspecified atom stereocenters. The van der Waals surface area contributed by atoms with Gasteiger partial charge < -0.3 is 4.42 Å². The highest BCUT2D eigenvalue weighted by atomic mass is 79.9. The molecule has 1 saturated heterocycles. The minimum atomic E-state index is -0.130. The van der Waals surface area contributed by atoms with Crippen LogP contribution in [0.5, 0.6) is 0 Å². The first-order chi connectivity index (χ1) is 13.7. The fraction of sp³-hybridized carbons (Fsp3) is 0.333. The van der Waals surface area contributed by atoms with E-state index in [4.69, 9.17) is 4.42 Å². The van der Waals surface area contributed by atoms with Crippen LogP contribution in [0.1, 0.15) is 17.9 Å². The zero-order chi connectivity index (χ0) is 19.3. The highest BCUT2D eigenvalue weighted by Crippen LogP contribution is 2.21. The quantitative estimate of drug-likeness (QED) is 0.585. The molecule has 1 aliphatic heterocycles. The molecule has 0 radical (unpaired) electrons. The lowest BCUT2D eigenvalue weighted by Gasteiger charge is -2.21.